The third kappa shape index (κ3) is 3.55. The predicted molar refractivity (Wildman–Crippen MR) is 68.6 cm³/mol. The minimum atomic E-state index is -0.384. The number of benzene rings is 2. The first-order valence-electron chi connectivity index (χ1n) is 5.81. The Labute approximate surface area is 109 Å². The Balaban J connectivity index is 2.07. The first kappa shape index (κ1) is 13.1. The van der Waals surface area contributed by atoms with Crippen molar-refractivity contribution in [3.05, 3.63) is 59.4 Å². The van der Waals surface area contributed by atoms with Gasteiger partial charge in [0.2, 0.25) is 0 Å². The Bertz CT molecular complexity index is 608. The summed E-state index contributed by atoms with van der Waals surface area (Å²) in [6, 6.07) is 9.86. The summed E-state index contributed by atoms with van der Waals surface area (Å²) in [5.74, 6) is -0.589. The highest BCUT2D eigenvalue weighted by molar-refractivity contribution is 5.83. The van der Waals surface area contributed by atoms with Crippen molar-refractivity contribution in [1.29, 1.82) is 0 Å². The van der Waals surface area contributed by atoms with Crippen LogP contribution in [0.4, 0.5) is 4.39 Å². The van der Waals surface area contributed by atoms with Gasteiger partial charge in [0, 0.05) is 18.4 Å². The van der Waals surface area contributed by atoms with Gasteiger partial charge in [0.15, 0.2) is 0 Å². The van der Waals surface area contributed by atoms with Crippen molar-refractivity contribution in [1.82, 2.24) is 0 Å². The average molecular weight is 260 g/mol. The zero-order chi connectivity index (χ0) is 13.8. The standard InChI is InChI=1S/C15H13FO3/c16-12-3-1-2-10(6-12)7-14(18)9-11-8-13(17)4-5-15(11)19/h1-6,8,17,19H,7,9H2. The minimum Gasteiger partial charge on any atom is -0.508 e. The van der Waals surface area contributed by atoms with Crippen LogP contribution in [0.25, 0.3) is 0 Å². The number of hydrogen-bond acceptors (Lipinski definition) is 3. The molecule has 0 aliphatic carbocycles. The molecule has 0 amide bonds. The molecule has 98 valence electrons. The number of carbonyl (C=O) groups excluding carboxylic acids is 1. The lowest BCUT2D eigenvalue weighted by Gasteiger charge is -2.05. The van der Waals surface area contributed by atoms with Crippen molar-refractivity contribution < 1.29 is 19.4 Å². The fourth-order valence-corrected chi connectivity index (χ4v) is 1.86. The van der Waals surface area contributed by atoms with Gasteiger partial charge in [-0.3, -0.25) is 4.79 Å². The van der Waals surface area contributed by atoms with Crippen molar-refractivity contribution in [2.75, 3.05) is 0 Å². The quantitative estimate of drug-likeness (QED) is 0.831. The fourth-order valence-electron chi connectivity index (χ4n) is 1.86. The molecule has 2 N–H and O–H groups in total. The first-order chi connectivity index (χ1) is 9.04. The minimum absolute atomic E-state index is 0.00323. The Morgan fingerprint density at radius 1 is 1.05 bits per heavy atom. The number of halogens is 1. The molecule has 2 rings (SSSR count). The van der Waals surface area contributed by atoms with E-state index in [1.165, 1.54) is 30.3 Å². The molecule has 19 heavy (non-hydrogen) atoms. The highest BCUT2D eigenvalue weighted by Gasteiger charge is 2.10. The zero-order valence-electron chi connectivity index (χ0n) is 10.1. The average Bonchev–Trinajstić information content (AvgIpc) is 2.34. The number of ketones is 1. The summed E-state index contributed by atoms with van der Waals surface area (Å²) in [7, 11) is 0. The number of hydrogen-bond donors (Lipinski definition) is 2. The van der Waals surface area contributed by atoms with E-state index in [9.17, 15) is 19.4 Å². The van der Waals surface area contributed by atoms with Crippen LogP contribution in [0, 0.1) is 5.82 Å². The van der Waals surface area contributed by atoms with Gasteiger partial charge >= 0.3 is 0 Å². The maximum atomic E-state index is 13.0. The molecule has 0 spiro atoms. The third-order valence-electron chi connectivity index (χ3n) is 2.74. The van der Waals surface area contributed by atoms with Gasteiger partial charge in [-0.25, -0.2) is 4.39 Å². The zero-order valence-corrected chi connectivity index (χ0v) is 10.1. The van der Waals surface area contributed by atoms with E-state index < -0.39 is 0 Å². The number of rotatable bonds is 4. The van der Waals surface area contributed by atoms with Crippen LogP contribution in [0.5, 0.6) is 11.5 Å². The van der Waals surface area contributed by atoms with E-state index in [-0.39, 0.29) is 35.9 Å². The van der Waals surface area contributed by atoms with Crippen LogP contribution in [-0.2, 0) is 17.6 Å². The highest BCUT2D eigenvalue weighted by Crippen LogP contribution is 2.23. The molecule has 0 atom stereocenters. The van der Waals surface area contributed by atoms with E-state index >= 15 is 0 Å². The summed E-state index contributed by atoms with van der Waals surface area (Å²) < 4.78 is 13.0. The molecule has 0 heterocycles. The fraction of sp³-hybridized carbons (Fsp3) is 0.133. The molecule has 0 fully saturated rings. The Morgan fingerprint density at radius 3 is 2.58 bits per heavy atom. The number of Topliss-reactive ketones (excluding diaryl/α,β-unsaturated/α-hetero) is 1. The molecular formula is C15H13FO3. The van der Waals surface area contributed by atoms with Gasteiger partial charge < -0.3 is 10.2 Å². The number of aromatic hydroxyl groups is 2. The van der Waals surface area contributed by atoms with E-state index in [2.05, 4.69) is 0 Å². The molecule has 0 aliphatic rings. The maximum absolute atomic E-state index is 13.0. The second-order valence-corrected chi connectivity index (χ2v) is 4.34. The molecule has 0 saturated heterocycles. The highest BCUT2D eigenvalue weighted by atomic mass is 19.1. The molecular weight excluding hydrogens is 247 g/mol. The maximum Gasteiger partial charge on any atom is 0.141 e. The predicted octanol–water partition coefficient (Wildman–Crippen LogP) is 2.59. The second-order valence-electron chi connectivity index (χ2n) is 4.34. The number of phenolic OH excluding ortho intramolecular Hbond substituents is 2. The molecule has 0 radical (unpaired) electrons. The Kier molecular flexibility index (Phi) is 3.80. The van der Waals surface area contributed by atoms with Crippen LogP contribution in [0.1, 0.15) is 11.1 Å². The largest absolute Gasteiger partial charge is 0.508 e. The lowest BCUT2D eigenvalue weighted by Crippen LogP contribution is -2.06. The first-order valence-corrected chi connectivity index (χ1v) is 5.81. The van der Waals surface area contributed by atoms with Gasteiger partial charge in [0.05, 0.1) is 0 Å². The van der Waals surface area contributed by atoms with E-state index in [4.69, 9.17) is 0 Å². The SMILES string of the molecule is O=C(Cc1cccc(F)c1)Cc1cc(O)ccc1O. The van der Waals surface area contributed by atoms with Crippen molar-refractivity contribution in [3.63, 3.8) is 0 Å². The summed E-state index contributed by atoms with van der Waals surface area (Å²) in [5.41, 5.74) is 0.950. The van der Waals surface area contributed by atoms with Gasteiger partial charge in [-0.2, -0.15) is 0 Å². The van der Waals surface area contributed by atoms with Crippen LogP contribution in [0.15, 0.2) is 42.5 Å². The van der Waals surface area contributed by atoms with Crippen LogP contribution in [0.2, 0.25) is 0 Å². The molecule has 2 aromatic carbocycles. The van der Waals surface area contributed by atoms with Crippen molar-refractivity contribution in [2.45, 2.75) is 12.8 Å². The smallest absolute Gasteiger partial charge is 0.141 e. The van der Waals surface area contributed by atoms with E-state index in [1.54, 1.807) is 12.1 Å². The van der Waals surface area contributed by atoms with Gasteiger partial charge in [0.25, 0.3) is 0 Å². The monoisotopic (exact) mass is 260 g/mol. The molecule has 0 aliphatic heterocycles. The molecule has 0 bridgehead atoms. The van der Waals surface area contributed by atoms with Crippen molar-refractivity contribution in [3.8, 4) is 11.5 Å². The second kappa shape index (κ2) is 5.52. The summed E-state index contributed by atoms with van der Waals surface area (Å²) in [6.07, 6.45) is 0.0869. The topological polar surface area (TPSA) is 57.5 Å². The molecule has 2 aromatic rings. The van der Waals surface area contributed by atoms with E-state index in [0.29, 0.717) is 11.1 Å². The molecule has 0 saturated carbocycles. The van der Waals surface area contributed by atoms with Gasteiger partial charge in [-0.05, 0) is 35.9 Å². The summed E-state index contributed by atoms with van der Waals surface area (Å²) in [5, 5.41) is 18.9. The van der Waals surface area contributed by atoms with E-state index in [1.807, 2.05) is 0 Å². The summed E-state index contributed by atoms with van der Waals surface area (Å²) >= 11 is 0. The molecule has 0 aromatic heterocycles. The van der Waals surface area contributed by atoms with E-state index in [0.717, 1.165) is 0 Å². The van der Waals surface area contributed by atoms with Gasteiger partial charge in [-0.15, -0.1) is 0 Å². The normalized spacial score (nSPS) is 10.4. The van der Waals surface area contributed by atoms with Crippen molar-refractivity contribution in [2.24, 2.45) is 0 Å². The number of phenols is 2. The lowest BCUT2D eigenvalue weighted by atomic mass is 10.0. The summed E-state index contributed by atoms with van der Waals surface area (Å²) in [6.45, 7) is 0. The third-order valence-corrected chi connectivity index (χ3v) is 2.74. The lowest BCUT2D eigenvalue weighted by molar-refractivity contribution is -0.117. The van der Waals surface area contributed by atoms with Crippen LogP contribution in [0.3, 0.4) is 0 Å². The van der Waals surface area contributed by atoms with Crippen molar-refractivity contribution >= 4 is 5.78 Å². The number of carbonyl (C=O) groups is 1. The Morgan fingerprint density at radius 2 is 1.84 bits per heavy atom. The van der Waals surface area contributed by atoms with Gasteiger partial charge in [-0.1, -0.05) is 12.1 Å². The van der Waals surface area contributed by atoms with Crippen LogP contribution >= 0.6 is 0 Å². The molecule has 3 nitrogen and oxygen atoms in total. The Hall–Kier alpha value is -2.36. The van der Waals surface area contributed by atoms with Gasteiger partial charge in [0.1, 0.15) is 23.1 Å². The molecule has 0 unspecified atom stereocenters. The van der Waals surface area contributed by atoms with Crippen LogP contribution in [-0.4, -0.2) is 16.0 Å². The summed E-state index contributed by atoms with van der Waals surface area (Å²) in [4.78, 5) is 11.8. The van der Waals surface area contributed by atoms with Crippen LogP contribution < -0.4 is 0 Å². The molecule has 4 heteroatoms.